The van der Waals surface area contributed by atoms with Crippen molar-refractivity contribution in [2.75, 3.05) is 18.0 Å². The Morgan fingerprint density at radius 2 is 2.13 bits per heavy atom. The highest BCUT2D eigenvalue weighted by Crippen LogP contribution is 2.14. The summed E-state index contributed by atoms with van der Waals surface area (Å²) in [6.45, 7) is 8.58. The SMILES string of the molecule is CCC(C)CN(CC)c1nnc(CN)o1. The lowest BCUT2D eigenvalue weighted by Crippen LogP contribution is -2.28. The Balaban J connectivity index is 2.65. The molecule has 1 rings (SSSR count). The van der Waals surface area contributed by atoms with E-state index in [1.807, 2.05) is 0 Å². The zero-order chi connectivity index (χ0) is 11.3. The predicted molar refractivity (Wildman–Crippen MR) is 59.5 cm³/mol. The van der Waals surface area contributed by atoms with E-state index in [9.17, 15) is 0 Å². The maximum atomic E-state index is 5.42. The van der Waals surface area contributed by atoms with Crippen molar-refractivity contribution < 1.29 is 4.42 Å². The van der Waals surface area contributed by atoms with Gasteiger partial charge in [-0.15, -0.1) is 5.10 Å². The number of aromatic nitrogens is 2. The average molecular weight is 212 g/mol. The van der Waals surface area contributed by atoms with Crippen molar-refractivity contribution in [2.24, 2.45) is 11.7 Å². The van der Waals surface area contributed by atoms with Crippen LogP contribution in [-0.2, 0) is 6.54 Å². The van der Waals surface area contributed by atoms with E-state index in [-0.39, 0.29) is 0 Å². The molecule has 0 radical (unpaired) electrons. The van der Waals surface area contributed by atoms with Crippen LogP contribution in [-0.4, -0.2) is 23.3 Å². The van der Waals surface area contributed by atoms with Crippen LogP contribution in [0.25, 0.3) is 0 Å². The minimum atomic E-state index is 0.299. The van der Waals surface area contributed by atoms with Gasteiger partial charge in [0.1, 0.15) is 0 Å². The standard InChI is InChI=1S/C10H20N4O/c1-4-8(3)7-14(5-2)10-13-12-9(6-11)15-10/h8H,4-7,11H2,1-3H3. The van der Waals surface area contributed by atoms with Gasteiger partial charge in [-0.1, -0.05) is 25.4 Å². The second-order valence-electron chi connectivity index (χ2n) is 3.73. The van der Waals surface area contributed by atoms with Crippen molar-refractivity contribution in [2.45, 2.75) is 33.7 Å². The molecule has 5 nitrogen and oxygen atoms in total. The van der Waals surface area contributed by atoms with Crippen molar-refractivity contribution in [3.63, 3.8) is 0 Å². The molecule has 1 aromatic heterocycles. The summed E-state index contributed by atoms with van der Waals surface area (Å²) in [6, 6.07) is 0.582. The number of nitrogens with zero attached hydrogens (tertiary/aromatic N) is 3. The van der Waals surface area contributed by atoms with Crippen LogP contribution in [0.5, 0.6) is 0 Å². The lowest BCUT2D eigenvalue weighted by atomic mass is 10.1. The van der Waals surface area contributed by atoms with Crippen molar-refractivity contribution >= 4 is 6.01 Å². The Hall–Kier alpha value is -1.10. The first-order chi connectivity index (χ1) is 7.21. The van der Waals surface area contributed by atoms with E-state index in [0.717, 1.165) is 19.5 Å². The number of nitrogens with two attached hydrogens (primary N) is 1. The zero-order valence-electron chi connectivity index (χ0n) is 9.73. The fourth-order valence-electron chi connectivity index (χ4n) is 1.30. The summed E-state index contributed by atoms with van der Waals surface area (Å²) in [5.41, 5.74) is 5.42. The van der Waals surface area contributed by atoms with Crippen molar-refractivity contribution in [1.82, 2.24) is 10.2 Å². The quantitative estimate of drug-likeness (QED) is 0.772. The summed E-state index contributed by atoms with van der Waals surface area (Å²) in [5, 5.41) is 7.83. The first-order valence-corrected chi connectivity index (χ1v) is 5.48. The van der Waals surface area contributed by atoms with Crippen LogP contribution >= 0.6 is 0 Å². The molecule has 0 bridgehead atoms. The molecule has 86 valence electrons. The summed E-state index contributed by atoms with van der Waals surface area (Å²) in [4.78, 5) is 2.08. The molecule has 1 aromatic rings. The maximum absolute atomic E-state index is 5.42. The Kier molecular flexibility index (Phi) is 4.55. The molecular weight excluding hydrogens is 192 g/mol. The van der Waals surface area contributed by atoms with Gasteiger partial charge in [-0.3, -0.25) is 0 Å². The molecule has 1 unspecified atom stereocenters. The van der Waals surface area contributed by atoms with E-state index in [1.54, 1.807) is 0 Å². The molecule has 15 heavy (non-hydrogen) atoms. The lowest BCUT2D eigenvalue weighted by molar-refractivity contribution is 0.463. The lowest BCUT2D eigenvalue weighted by Gasteiger charge is -2.21. The molecule has 0 aromatic carbocycles. The third-order valence-electron chi connectivity index (χ3n) is 2.51. The molecule has 0 fully saturated rings. The van der Waals surface area contributed by atoms with Crippen LogP contribution in [0, 0.1) is 5.92 Å². The van der Waals surface area contributed by atoms with Crippen LogP contribution < -0.4 is 10.6 Å². The third-order valence-corrected chi connectivity index (χ3v) is 2.51. The van der Waals surface area contributed by atoms with Gasteiger partial charge < -0.3 is 15.1 Å². The van der Waals surface area contributed by atoms with Crippen molar-refractivity contribution in [1.29, 1.82) is 0 Å². The van der Waals surface area contributed by atoms with E-state index in [4.69, 9.17) is 10.2 Å². The van der Waals surface area contributed by atoms with Crippen LogP contribution in [0.4, 0.5) is 6.01 Å². The van der Waals surface area contributed by atoms with Crippen molar-refractivity contribution in [3.05, 3.63) is 5.89 Å². The largest absolute Gasteiger partial charge is 0.407 e. The van der Waals surface area contributed by atoms with E-state index < -0.39 is 0 Å². The molecule has 1 heterocycles. The fourth-order valence-corrected chi connectivity index (χ4v) is 1.30. The minimum Gasteiger partial charge on any atom is -0.407 e. The topological polar surface area (TPSA) is 68.2 Å². The van der Waals surface area contributed by atoms with Gasteiger partial charge in [0.25, 0.3) is 0 Å². The van der Waals surface area contributed by atoms with E-state index in [1.165, 1.54) is 0 Å². The van der Waals surface area contributed by atoms with Gasteiger partial charge in [-0.05, 0) is 12.8 Å². The van der Waals surface area contributed by atoms with Gasteiger partial charge >= 0.3 is 6.01 Å². The highest BCUT2D eigenvalue weighted by molar-refractivity contribution is 5.23. The second kappa shape index (κ2) is 5.70. The monoisotopic (exact) mass is 212 g/mol. The summed E-state index contributed by atoms with van der Waals surface area (Å²) < 4.78 is 5.41. The normalized spacial score (nSPS) is 12.8. The number of anilines is 1. The molecule has 0 aliphatic rings. The first-order valence-electron chi connectivity index (χ1n) is 5.48. The smallest absolute Gasteiger partial charge is 0.318 e. The number of hydrogen-bond acceptors (Lipinski definition) is 5. The third kappa shape index (κ3) is 3.20. The Labute approximate surface area is 90.7 Å². The highest BCUT2D eigenvalue weighted by Gasteiger charge is 2.14. The molecule has 0 spiro atoms. The molecule has 5 heteroatoms. The Bertz CT molecular complexity index is 287. The molecule has 0 aliphatic heterocycles. The second-order valence-corrected chi connectivity index (χ2v) is 3.73. The summed E-state index contributed by atoms with van der Waals surface area (Å²) >= 11 is 0. The van der Waals surface area contributed by atoms with Gasteiger partial charge in [-0.25, -0.2) is 0 Å². The number of hydrogen-bond donors (Lipinski definition) is 1. The first kappa shape index (κ1) is 12.0. The van der Waals surface area contributed by atoms with Crippen LogP contribution in [0.1, 0.15) is 33.1 Å². The van der Waals surface area contributed by atoms with Crippen LogP contribution in [0.2, 0.25) is 0 Å². The van der Waals surface area contributed by atoms with Crippen LogP contribution in [0.15, 0.2) is 4.42 Å². The zero-order valence-corrected chi connectivity index (χ0v) is 9.73. The van der Waals surface area contributed by atoms with Crippen molar-refractivity contribution in [3.8, 4) is 0 Å². The molecule has 0 aliphatic carbocycles. The molecule has 0 amide bonds. The van der Waals surface area contributed by atoms with Gasteiger partial charge in [0.05, 0.1) is 6.54 Å². The van der Waals surface area contributed by atoms with Gasteiger partial charge in [0.2, 0.25) is 5.89 Å². The molecule has 0 saturated heterocycles. The van der Waals surface area contributed by atoms with E-state index in [0.29, 0.717) is 24.4 Å². The number of rotatable bonds is 6. The summed E-state index contributed by atoms with van der Waals surface area (Å²) in [5.74, 6) is 1.12. The van der Waals surface area contributed by atoms with Crippen LogP contribution in [0.3, 0.4) is 0 Å². The molecule has 0 saturated carbocycles. The van der Waals surface area contributed by atoms with E-state index >= 15 is 0 Å². The minimum absolute atomic E-state index is 0.299. The average Bonchev–Trinajstić information content (AvgIpc) is 2.73. The Morgan fingerprint density at radius 3 is 2.60 bits per heavy atom. The fraction of sp³-hybridized carbons (Fsp3) is 0.800. The predicted octanol–water partition coefficient (Wildman–Crippen LogP) is 1.40. The Morgan fingerprint density at radius 1 is 1.40 bits per heavy atom. The molecular formula is C10H20N4O. The van der Waals surface area contributed by atoms with E-state index in [2.05, 4.69) is 35.9 Å². The van der Waals surface area contributed by atoms with Gasteiger partial charge in [0, 0.05) is 13.1 Å². The maximum Gasteiger partial charge on any atom is 0.318 e. The highest BCUT2D eigenvalue weighted by atomic mass is 16.4. The molecule has 1 atom stereocenters. The van der Waals surface area contributed by atoms with Gasteiger partial charge in [-0.2, -0.15) is 0 Å². The molecule has 2 N–H and O–H groups in total. The van der Waals surface area contributed by atoms with Gasteiger partial charge in [0.15, 0.2) is 0 Å². The summed E-state index contributed by atoms with van der Waals surface area (Å²) in [6.07, 6.45) is 1.15. The summed E-state index contributed by atoms with van der Waals surface area (Å²) in [7, 11) is 0.